The normalized spacial score (nSPS) is 10.2. The van der Waals surface area contributed by atoms with Crippen molar-refractivity contribution < 1.29 is 14.5 Å². The Balaban J connectivity index is 1.71. The van der Waals surface area contributed by atoms with Crippen molar-refractivity contribution in [2.45, 2.75) is 0 Å². The monoisotopic (exact) mass is 439 g/mol. The van der Waals surface area contributed by atoms with Crippen LogP contribution >= 0.6 is 15.9 Å². The smallest absolute Gasteiger partial charge is 0.269 e. The molecule has 140 valence electrons. The van der Waals surface area contributed by atoms with Gasteiger partial charge in [0.25, 0.3) is 17.5 Å². The van der Waals surface area contributed by atoms with Crippen LogP contribution in [-0.4, -0.2) is 16.7 Å². The third-order valence-electron chi connectivity index (χ3n) is 3.84. The van der Waals surface area contributed by atoms with Gasteiger partial charge in [-0.3, -0.25) is 19.7 Å². The zero-order valence-electron chi connectivity index (χ0n) is 14.4. The summed E-state index contributed by atoms with van der Waals surface area (Å²) in [6, 6.07) is 19.0. The third kappa shape index (κ3) is 4.60. The molecule has 0 unspecified atom stereocenters. The largest absolute Gasteiger partial charge is 0.322 e. The van der Waals surface area contributed by atoms with Gasteiger partial charge in [-0.15, -0.1) is 0 Å². The minimum Gasteiger partial charge on any atom is -0.322 e. The fourth-order valence-electron chi connectivity index (χ4n) is 2.45. The number of nitro groups is 1. The van der Waals surface area contributed by atoms with Gasteiger partial charge in [0.15, 0.2) is 0 Å². The molecule has 0 aliphatic heterocycles. The molecule has 0 saturated heterocycles. The number of halogens is 1. The SMILES string of the molecule is O=C(Nc1ccc([N+](=O)[O-])cc1)c1cccc(NC(=O)c2ccccc2Br)c1. The lowest BCUT2D eigenvalue weighted by Crippen LogP contribution is -2.15. The van der Waals surface area contributed by atoms with Crippen molar-refractivity contribution in [3.63, 3.8) is 0 Å². The number of nitrogens with zero attached hydrogens (tertiary/aromatic N) is 1. The maximum atomic E-state index is 12.4. The van der Waals surface area contributed by atoms with Crippen molar-refractivity contribution in [3.8, 4) is 0 Å². The Labute approximate surface area is 168 Å². The van der Waals surface area contributed by atoms with Gasteiger partial charge in [-0.25, -0.2) is 0 Å². The molecule has 0 heterocycles. The summed E-state index contributed by atoms with van der Waals surface area (Å²) >= 11 is 3.33. The number of anilines is 2. The molecule has 28 heavy (non-hydrogen) atoms. The standard InChI is InChI=1S/C20H14BrN3O4/c21-18-7-2-1-6-17(18)20(26)23-15-5-3-4-13(12-15)19(25)22-14-8-10-16(11-9-14)24(27)28/h1-12H,(H,22,25)(H,23,26). The first kappa shape index (κ1) is 19.2. The number of benzene rings is 3. The Morgan fingerprint density at radius 3 is 2.18 bits per heavy atom. The molecule has 2 N–H and O–H groups in total. The fraction of sp³-hybridized carbons (Fsp3) is 0. The highest BCUT2D eigenvalue weighted by Crippen LogP contribution is 2.20. The van der Waals surface area contributed by atoms with Crippen LogP contribution in [0.25, 0.3) is 0 Å². The van der Waals surface area contributed by atoms with E-state index in [1.54, 1.807) is 42.5 Å². The number of non-ortho nitro benzene ring substituents is 1. The molecule has 3 aromatic carbocycles. The average molecular weight is 440 g/mol. The molecule has 0 aliphatic carbocycles. The maximum absolute atomic E-state index is 12.4. The third-order valence-corrected chi connectivity index (χ3v) is 4.53. The second-order valence-corrected chi connectivity index (χ2v) is 6.63. The summed E-state index contributed by atoms with van der Waals surface area (Å²) in [6.07, 6.45) is 0. The zero-order valence-corrected chi connectivity index (χ0v) is 16.0. The number of rotatable bonds is 5. The van der Waals surface area contributed by atoms with Crippen LogP contribution in [0.4, 0.5) is 17.1 Å². The minimum absolute atomic E-state index is 0.0604. The molecule has 0 atom stereocenters. The van der Waals surface area contributed by atoms with Gasteiger partial charge < -0.3 is 10.6 Å². The van der Waals surface area contributed by atoms with Gasteiger partial charge in [-0.1, -0.05) is 18.2 Å². The second kappa shape index (κ2) is 8.45. The molecule has 0 fully saturated rings. The van der Waals surface area contributed by atoms with Gasteiger partial charge in [0, 0.05) is 33.5 Å². The van der Waals surface area contributed by atoms with Gasteiger partial charge in [0.1, 0.15) is 0 Å². The van der Waals surface area contributed by atoms with Gasteiger partial charge in [0.05, 0.1) is 10.5 Å². The van der Waals surface area contributed by atoms with E-state index < -0.39 is 10.8 Å². The van der Waals surface area contributed by atoms with Crippen LogP contribution in [-0.2, 0) is 0 Å². The molecule has 7 nitrogen and oxygen atoms in total. The summed E-state index contributed by atoms with van der Waals surface area (Å²) in [5.41, 5.74) is 1.65. The van der Waals surface area contributed by atoms with E-state index in [2.05, 4.69) is 26.6 Å². The van der Waals surface area contributed by atoms with Crippen molar-refractivity contribution in [2.24, 2.45) is 0 Å². The first-order chi connectivity index (χ1) is 13.4. The Kier molecular flexibility index (Phi) is 5.81. The predicted molar refractivity (Wildman–Crippen MR) is 110 cm³/mol. The van der Waals surface area contributed by atoms with E-state index in [-0.39, 0.29) is 11.6 Å². The summed E-state index contributed by atoms with van der Waals surface area (Å²) in [6.45, 7) is 0. The average Bonchev–Trinajstić information content (AvgIpc) is 2.69. The van der Waals surface area contributed by atoms with E-state index in [0.717, 1.165) is 0 Å². The van der Waals surface area contributed by atoms with Gasteiger partial charge in [0.2, 0.25) is 0 Å². The molecule has 0 spiro atoms. The lowest BCUT2D eigenvalue weighted by molar-refractivity contribution is -0.384. The van der Waals surface area contributed by atoms with Crippen LogP contribution in [0, 0.1) is 10.1 Å². The number of carbonyl (C=O) groups excluding carboxylic acids is 2. The molecular weight excluding hydrogens is 426 g/mol. The van der Waals surface area contributed by atoms with E-state index in [0.29, 0.717) is 27.0 Å². The Bertz CT molecular complexity index is 1050. The Hall–Kier alpha value is -3.52. The Morgan fingerprint density at radius 1 is 0.821 bits per heavy atom. The quantitative estimate of drug-likeness (QED) is 0.437. The number of nitrogens with one attached hydrogen (secondary N) is 2. The number of carbonyl (C=O) groups is 2. The van der Waals surface area contributed by atoms with Crippen LogP contribution in [0.1, 0.15) is 20.7 Å². The first-order valence-electron chi connectivity index (χ1n) is 8.16. The van der Waals surface area contributed by atoms with Gasteiger partial charge in [-0.05, 0) is 58.4 Å². The van der Waals surface area contributed by atoms with Crippen LogP contribution in [0.2, 0.25) is 0 Å². The van der Waals surface area contributed by atoms with Gasteiger partial charge in [-0.2, -0.15) is 0 Å². The molecule has 0 aromatic heterocycles. The molecule has 0 saturated carbocycles. The molecule has 2 amide bonds. The molecule has 0 radical (unpaired) electrons. The van der Waals surface area contributed by atoms with E-state index in [9.17, 15) is 19.7 Å². The lowest BCUT2D eigenvalue weighted by Gasteiger charge is -2.09. The number of hydrogen-bond acceptors (Lipinski definition) is 4. The van der Waals surface area contributed by atoms with Gasteiger partial charge >= 0.3 is 0 Å². The Morgan fingerprint density at radius 2 is 1.50 bits per heavy atom. The van der Waals surface area contributed by atoms with Crippen molar-refractivity contribution in [1.29, 1.82) is 0 Å². The van der Waals surface area contributed by atoms with Crippen LogP contribution in [0.3, 0.4) is 0 Å². The number of hydrogen-bond donors (Lipinski definition) is 2. The van der Waals surface area contributed by atoms with Crippen molar-refractivity contribution in [1.82, 2.24) is 0 Å². The molecular formula is C20H14BrN3O4. The summed E-state index contributed by atoms with van der Waals surface area (Å²) in [7, 11) is 0. The topological polar surface area (TPSA) is 101 Å². The van der Waals surface area contributed by atoms with E-state index in [4.69, 9.17) is 0 Å². The summed E-state index contributed by atoms with van der Waals surface area (Å²) in [5.74, 6) is -0.703. The van der Waals surface area contributed by atoms with E-state index in [1.807, 2.05) is 6.07 Å². The molecule has 0 bridgehead atoms. The van der Waals surface area contributed by atoms with Crippen LogP contribution in [0.15, 0.2) is 77.3 Å². The molecule has 3 rings (SSSR count). The summed E-state index contributed by atoms with van der Waals surface area (Å²) < 4.78 is 0.666. The first-order valence-corrected chi connectivity index (χ1v) is 8.95. The summed E-state index contributed by atoms with van der Waals surface area (Å²) in [4.78, 5) is 35.0. The summed E-state index contributed by atoms with van der Waals surface area (Å²) in [5, 5.41) is 16.1. The highest BCUT2D eigenvalue weighted by Gasteiger charge is 2.12. The number of nitro benzene ring substituents is 1. The maximum Gasteiger partial charge on any atom is 0.269 e. The lowest BCUT2D eigenvalue weighted by atomic mass is 10.1. The van der Waals surface area contributed by atoms with Crippen molar-refractivity contribution in [2.75, 3.05) is 10.6 Å². The molecule has 8 heteroatoms. The van der Waals surface area contributed by atoms with E-state index in [1.165, 1.54) is 24.3 Å². The predicted octanol–water partition coefficient (Wildman–Crippen LogP) is 4.86. The van der Waals surface area contributed by atoms with Crippen molar-refractivity contribution >= 4 is 44.8 Å². The molecule has 0 aliphatic rings. The zero-order chi connectivity index (χ0) is 20.1. The molecule has 3 aromatic rings. The minimum atomic E-state index is -0.511. The second-order valence-electron chi connectivity index (χ2n) is 5.77. The highest BCUT2D eigenvalue weighted by molar-refractivity contribution is 9.10. The highest BCUT2D eigenvalue weighted by atomic mass is 79.9. The fourth-order valence-corrected chi connectivity index (χ4v) is 2.92. The van der Waals surface area contributed by atoms with Crippen LogP contribution in [0.5, 0.6) is 0 Å². The van der Waals surface area contributed by atoms with Crippen molar-refractivity contribution in [3.05, 3.63) is 98.5 Å². The van der Waals surface area contributed by atoms with Crippen LogP contribution < -0.4 is 10.6 Å². The van der Waals surface area contributed by atoms with E-state index >= 15 is 0 Å². The number of amides is 2.